The van der Waals surface area contributed by atoms with Gasteiger partial charge in [0.05, 0.1) is 7.11 Å². The SMILES string of the molecule is CCCCNC(=O)[C@@H](C)Oc1ccccc1OC. The van der Waals surface area contributed by atoms with Crippen LogP contribution in [0, 0.1) is 0 Å². The van der Waals surface area contributed by atoms with Crippen molar-refractivity contribution < 1.29 is 14.3 Å². The summed E-state index contributed by atoms with van der Waals surface area (Å²) in [5, 5.41) is 2.84. The molecule has 0 bridgehead atoms. The number of unbranched alkanes of at least 4 members (excludes halogenated alkanes) is 1. The van der Waals surface area contributed by atoms with E-state index in [1.54, 1.807) is 26.2 Å². The Bertz CT molecular complexity index is 379. The molecule has 18 heavy (non-hydrogen) atoms. The van der Waals surface area contributed by atoms with E-state index < -0.39 is 6.10 Å². The smallest absolute Gasteiger partial charge is 0.260 e. The molecule has 4 heteroatoms. The molecule has 1 rings (SSSR count). The molecule has 0 radical (unpaired) electrons. The molecular formula is C14H21NO3. The van der Waals surface area contributed by atoms with Gasteiger partial charge in [0.15, 0.2) is 17.6 Å². The summed E-state index contributed by atoms with van der Waals surface area (Å²) in [4.78, 5) is 11.7. The van der Waals surface area contributed by atoms with Crippen molar-refractivity contribution in [3.63, 3.8) is 0 Å². The van der Waals surface area contributed by atoms with Crippen molar-refractivity contribution in [2.75, 3.05) is 13.7 Å². The number of carbonyl (C=O) groups is 1. The van der Waals surface area contributed by atoms with Gasteiger partial charge in [-0.15, -0.1) is 0 Å². The van der Waals surface area contributed by atoms with E-state index >= 15 is 0 Å². The van der Waals surface area contributed by atoms with Gasteiger partial charge in [-0.05, 0) is 25.5 Å². The number of methoxy groups -OCH3 is 1. The Labute approximate surface area is 108 Å². The number of nitrogens with one attached hydrogen (secondary N) is 1. The molecule has 1 N–H and O–H groups in total. The van der Waals surface area contributed by atoms with Crippen molar-refractivity contribution in [2.24, 2.45) is 0 Å². The first-order valence-corrected chi connectivity index (χ1v) is 6.26. The number of amides is 1. The molecule has 1 aromatic rings. The van der Waals surface area contributed by atoms with Crippen LogP contribution in [0.5, 0.6) is 11.5 Å². The topological polar surface area (TPSA) is 47.6 Å². The zero-order valence-electron chi connectivity index (χ0n) is 11.2. The molecule has 0 aliphatic carbocycles. The predicted molar refractivity (Wildman–Crippen MR) is 71.0 cm³/mol. The van der Waals surface area contributed by atoms with Gasteiger partial charge in [0, 0.05) is 6.54 Å². The van der Waals surface area contributed by atoms with Crippen molar-refractivity contribution in [1.29, 1.82) is 0 Å². The Morgan fingerprint density at radius 1 is 1.33 bits per heavy atom. The Kier molecular flexibility index (Phi) is 6.05. The summed E-state index contributed by atoms with van der Waals surface area (Å²) in [6, 6.07) is 7.29. The third-order valence-corrected chi connectivity index (χ3v) is 2.57. The maximum atomic E-state index is 11.7. The van der Waals surface area contributed by atoms with Gasteiger partial charge in [0.25, 0.3) is 5.91 Å². The van der Waals surface area contributed by atoms with Crippen molar-refractivity contribution in [2.45, 2.75) is 32.8 Å². The van der Waals surface area contributed by atoms with Crippen LogP contribution in [0.4, 0.5) is 0 Å². The highest BCUT2D eigenvalue weighted by Gasteiger charge is 2.15. The van der Waals surface area contributed by atoms with E-state index in [0.29, 0.717) is 18.0 Å². The van der Waals surface area contributed by atoms with E-state index in [0.717, 1.165) is 12.8 Å². The summed E-state index contributed by atoms with van der Waals surface area (Å²) in [5.74, 6) is 1.11. The van der Waals surface area contributed by atoms with Gasteiger partial charge in [0.1, 0.15) is 0 Å². The number of ether oxygens (including phenoxy) is 2. The van der Waals surface area contributed by atoms with Gasteiger partial charge in [0.2, 0.25) is 0 Å². The molecule has 0 spiro atoms. The molecule has 4 nitrogen and oxygen atoms in total. The lowest BCUT2D eigenvalue weighted by Crippen LogP contribution is -2.36. The van der Waals surface area contributed by atoms with Crippen molar-refractivity contribution in [1.82, 2.24) is 5.32 Å². The largest absolute Gasteiger partial charge is 0.493 e. The first kappa shape index (κ1) is 14.4. The van der Waals surface area contributed by atoms with E-state index in [1.165, 1.54) is 0 Å². The Morgan fingerprint density at radius 3 is 2.61 bits per heavy atom. The second-order valence-electron chi connectivity index (χ2n) is 4.06. The molecule has 0 aliphatic rings. The fourth-order valence-corrected chi connectivity index (χ4v) is 1.49. The van der Waals surface area contributed by atoms with Crippen LogP contribution < -0.4 is 14.8 Å². The molecule has 100 valence electrons. The summed E-state index contributed by atoms with van der Waals surface area (Å²) in [5.41, 5.74) is 0. The van der Waals surface area contributed by atoms with E-state index in [9.17, 15) is 4.79 Å². The van der Waals surface area contributed by atoms with Crippen molar-refractivity contribution in [3.8, 4) is 11.5 Å². The third kappa shape index (κ3) is 4.28. The van der Waals surface area contributed by atoms with Crippen molar-refractivity contribution >= 4 is 5.91 Å². The fourth-order valence-electron chi connectivity index (χ4n) is 1.49. The number of carbonyl (C=O) groups excluding carboxylic acids is 1. The highest BCUT2D eigenvalue weighted by molar-refractivity contribution is 5.80. The molecule has 1 atom stereocenters. The second kappa shape index (κ2) is 7.58. The number of rotatable bonds is 7. The average molecular weight is 251 g/mol. The van der Waals surface area contributed by atoms with Crippen LogP contribution in [0.2, 0.25) is 0 Å². The van der Waals surface area contributed by atoms with Crippen LogP contribution in [-0.2, 0) is 4.79 Å². The lowest BCUT2D eigenvalue weighted by molar-refractivity contribution is -0.127. The Hall–Kier alpha value is -1.71. The normalized spacial score (nSPS) is 11.7. The number of benzene rings is 1. The van der Waals surface area contributed by atoms with Gasteiger partial charge in [-0.25, -0.2) is 0 Å². The molecule has 1 aromatic carbocycles. The Balaban J connectivity index is 2.52. The minimum atomic E-state index is -0.529. The molecule has 0 saturated heterocycles. The minimum Gasteiger partial charge on any atom is -0.493 e. The molecule has 0 fully saturated rings. The second-order valence-corrected chi connectivity index (χ2v) is 4.06. The molecule has 0 aromatic heterocycles. The van der Waals surface area contributed by atoms with Crippen LogP contribution in [0.3, 0.4) is 0 Å². The summed E-state index contributed by atoms with van der Waals surface area (Å²) in [6.45, 7) is 4.50. The highest BCUT2D eigenvalue weighted by Crippen LogP contribution is 2.26. The zero-order chi connectivity index (χ0) is 13.4. The Morgan fingerprint density at radius 2 is 2.00 bits per heavy atom. The molecule has 0 heterocycles. The van der Waals surface area contributed by atoms with Crippen LogP contribution in [-0.4, -0.2) is 25.7 Å². The monoisotopic (exact) mass is 251 g/mol. The number of hydrogen-bond acceptors (Lipinski definition) is 3. The summed E-state index contributed by atoms with van der Waals surface area (Å²) < 4.78 is 10.8. The molecule has 1 amide bonds. The minimum absolute atomic E-state index is 0.102. The average Bonchev–Trinajstić information content (AvgIpc) is 2.39. The zero-order valence-corrected chi connectivity index (χ0v) is 11.2. The van der Waals surface area contributed by atoms with E-state index in [-0.39, 0.29) is 5.91 Å². The molecule has 0 saturated carbocycles. The third-order valence-electron chi connectivity index (χ3n) is 2.57. The summed E-state index contributed by atoms with van der Waals surface area (Å²) in [7, 11) is 1.58. The first-order valence-electron chi connectivity index (χ1n) is 6.26. The standard InChI is InChI=1S/C14H21NO3/c1-4-5-10-15-14(16)11(2)18-13-9-7-6-8-12(13)17-3/h6-9,11H,4-5,10H2,1-3H3,(H,15,16)/t11-/m1/s1. The van der Waals surface area contributed by atoms with Gasteiger partial charge >= 0.3 is 0 Å². The van der Waals surface area contributed by atoms with Crippen LogP contribution in [0.25, 0.3) is 0 Å². The predicted octanol–water partition coefficient (Wildman–Crippen LogP) is 2.38. The van der Waals surface area contributed by atoms with Crippen LogP contribution >= 0.6 is 0 Å². The summed E-state index contributed by atoms with van der Waals surface area (Å²) >= 11 is 0. The van der Waals surface area contributed by atoms with Gasteiger partial charge < -0.3 is 14.8 Å². The fraction of sp³-hybridized carbons (Fsp3) is 0.500. The summed E-state index contributed by atoms with van der Waals surface area (Å²) in [6.07, 6.45) is 1.51. The van der Waals surface area contributed by atoms with Gasteiger partial charge in [-0.2, -0.15) is 0 Å². The lowest BCUT2D eigenvalue weighted by Gasteiger charge is -2.16. The number of para-hydroxylation sites is 2. The van der Waals surface area contributed by atoms with Crippen molar-refractivity contribution in [3.05, 3.63) is 24.3 Å². The number of hydrogen-bond donors (Lipinski definition) is 1. The van der Waals surface area contributed by atoms with Gasteiger partial charge in [-0.3, -0.25) is 4.79 Å². The highest BCUT2D eigenvalue weighted by atomic mass is 16.5. The quantitative estimate of drug-likeness (QED) is 0.757. The molecular weight excluding hydrogens is 230 g/mol. The molecule has 0 unspecified atom stereocenters. The van der Waals surface area contributed by atoms with Crippen LogP contribution in [0.1, 0.15) is 26.7 Å². The van der Waals surface area contributed by atoms with Crippen LogP contribution in [0.15, 0.2) is 24.3 Å². The lowest BCUT2D eigenvalue weighted by atomic mass is 10.3. The maximum Gasteiger partial charge on any atom is 0.260 e. The van der Waals surface area contributed by atoms with E-state index in [2.05, 4.69) is 12.2 Å². The van der Waals surface area contributed by atoms with E-state index in [1.807, 2.05) is 12.1 Å². The maximum absolute atomic E-state index is 11.7. The first-order chi connectivity index (χ1) is 8.69. The van der Waals surface area contributed by atoms with E-state index in [4.69, 9.17) is 9.47 Å². The van der Waals surface area contributed by atoms with Gasteiger partial charge in [-0.1, -0.05) is 25.5 Å². The molecule has 0 aliphatic heterocycles.